The van der Waals surface area contributed by atoms with Crippen molar-refractivity contribution < 1.29 is 9.53 Å². The summed E-state index contributed by atoms with van der Waals surface area (Å²) in [5, 5.41) is 5.60. The van der Waals surface area contributed by atoms with Crippen molar-refractivity contribution in [3.63, 3.8) is 0 Å². The van der Waals surface area contributed by atoms with Crippen molar-refractivity contribution in [2.75, 3.05) is 18.5 Å². The highest BCUT2D eigenvalue weighted by molar-refractivity contribution is 5.89. The molecule has 2 N–H and O–H groups in total. The van der Waals surface area contributed by atoms with E-state index in [1.807, 2.05) is 44.2 Å². The van der Waals surface area contributed by atoms with E-state index in [-0.39, 0.29) is 6.03 Å². The molecule has 0 atom stereocenters. The number of rotatable bonds is 6. The molecule has 0 aliphatic carbocycles. The number of aryl methyl sites for hydroxylation is 3. The summed E-state index contributed by atoms with van der Waals surface area (Å²) in [5.74, 6) is 0.818. The van der Waals surface area contributed by atoms with Gasteiger partial charge in [-0.3, -0.25) is 0 Å². The third kappa shape index (κ3) is 5.33. The molecule has 0 aliphatic heterocycles. The molecule has 2 amide bonds. The molecule has 0 unspecified atom stereocenters. The summed E-state index contributed by atoms with van der Waals surface area (Å²) < 4.78 is 5.60. The van der Waals surface area contributed by atoms with Gasteiger partial charge in [-0.05, 0) is 61.2 Å². The smallest absolute Gasteiger partial charge is 0.319 e. The van der Waals surface area contributed by atoms with Crippen LogP contribution in [0.25, 0.3) is 0 Å². The second-order valence-corrected chi connectivity index (χ2v) is 5.53. The Morgan fingerprint density at radius 2 is 1.78 bits per heavy atom. The van der Waals surface area contributed by atoms with Crippen molar-refractivity contribution >= 4 is 11.7 Å². The first-order chi connectivity index (χ1) is 11.1. The van der Waals surface area contributed by atoms with Crippen molar-refractivity contribution in [1.29, 1.82) is 0 Å². The minimum atomic E-state index is -0.224. The first-order valence-corrected chi connectivity index (χ1v) is 7.92. The van der Waals surface area contributed by atoms with E-state index in [2.05, 4.69) is 29.7 Å². The van der Waals surface area contributed by atoms with Gasteiger partial charge in [-0.25, -0.2) is 4.79 Å². The Kier molecular flexibility index (Phi) is 6.03. The van der Waals surface area contributed by atoms with Crippen LogP contribution in [0.15, 0.2) is 42.5 Å². The van der Waals surface area contributed by atoms with E-state index in [1.54, 1.807) is 0 Å². The topological polar surface area (TPSA) is 50.4 Å². The number of ether oxygens (including phenoxy) is 1. The van der Waals surface area contributed by atoms with E-state index in [0.717, 1.165) is 23.4 Å². The van der Waals surface area contributed by atoms with Crippen LogP contribution in [0.1, 0.15) is 23.6 Å². The fourth-order valence-electron chi connectivity index (χ4n) is 2.15. The Bertz CT molecular complexity index is 651. The summed E-state index contributed by atoms with van der Waals surface area (Å²) >= 11 is 0. The highest BCUT2D eigenvalue weighted by atomic mass is 16.5. The lowest BCUT2D eigenvalue weighted by molar-refractivity contribution is 0.247. The molecule has 122 valence electrons. The molecule has 0 heterocycles. The Hall–Kier alpha value is -2.49. The van der Waals surface area contributed by atoms with Crippen LogP contribution < -0.4 is 15.4 Å². The highest BCUT2D eigenvalue weighted by Crippen LogP contribution is 2.14. The monoisotopic (exact) mass is 312 g/mol. The van der Waals surface area contributed by atoms with E-state index >= 15 is 0 Å². The van der Waals surface area contributed by atoms with Gasteiger partial charge in [0.2, 0.25) is 0 Å². The van der Waals surface area contributed by atoms with E-state index in [4.69, 9.17) is 4.74 Å². The van der Waals surface area contributed by atoms with E-state index in [9.17, 15) is 4.79 Å². The number of amides is 2. The summed E-state index contributed by atoms with van der Waals surface area (Å²) in [6, 6.07) is 13.6. The van der Waals surface area contributed by atoms with Crippen LogP contribution in [0.5, 0.6) is 5.75 Å². The van der Waals surface area contributed by atoms with E-state index < -0.39 is 0 Å². The van der Waals surface area contributed by atoms with Gasteiger partial charge in [-0.2, -0.15) is 0 Å². The zero-order chi connectivity index (χ0) is 16.7. The number of hydrogen-bond donors (Lipinski definition) is 2. The number of hydrogen-bond acceptors (Lipinski definition) is 2. The standard InChI is InChI=1S/C19H24N2O2/c1-4-16-6-9-18(10-7-16)23-12-11-20-19(22)21-17-8-5-14(2)15(3)13-17/h5-10,13H,4,11-12H2,1-3H3,(H2,20,21,22). The number of nitrogens with one attached hydrogen (secondary N) is 2. The molecule has 2 rings (SSSR count). The fraction of sp³-hybridized carbons (Fsp3) is 0.316. The number of benzene rings is 2. The predicted molar refractivity (Wildman–Crippen MR) is 94.3 cm³/mol. The van der Waals surface area contributed by atoms with Gasteiger partial charge in [-0.1, -0.05) is 25.1 Å². The maximum atomic E-state index is 11.8. The molecule has 2 aromatic rings. The predicted octanol–water partition coefficient (Wildman–Crippen LogP) is 4.07. The number of carbonyl (C=O) groups excluding carboxylic acids is 1. The summed E-state index contributed by atoms with van der Waals surface area (Å²) in [6.07, 6.45) is 1.01. The lowest BCUT2D eigenvalue weighted by Crippen LogP contribution is -2.32. The van der Waals surface area contributed by atoms with E-state index in [0.29, 0.717) is 13.2 Å². The molecular formula is C19H24N2O2. The molecule has 0 aliphatic rings. The van der Waals surface area contributed by atoms with Crippen LogP contribution in [0.2, 0.25) is 0 Å². The molecular weight excluding hydrogens is 288 g/mol. The molecule has 4 heteroatoms. The zero-order valence-corrected chi connectivity index (χ0v) is 14.0. The first-order valence-electron chi connectivity index (χ1n) is 7.92. The summed E-state index contributed by atoms with van der Waals surface area (Å²) in [6.45, 7) is 7.08. The van der Waals surface area contributed by atoms with Gasteiger partial charge < -0.3 is 15.4 Å². The molecule has 0 saturated carbocycles. The largest absolute Gasteiger partial charge is 0.492 e. The van der Waals surface area contributed by atoms with Gasteiger partial charge in [-0.15, -0.1) is 0 Å². The van der Waals surface area contributed by atoms with Gasteiger partial charge in [0.05, 0.1) is 6.54 Å². The lowest BCUT2D eigenvalue weighted by atomic mass is 10.1. The lowest BCUT2D eigenvalue weighted by Gasteiger charge is -2.10. The number of anilines is 1. The van der Waals surface area contributed by atoms with Crippen LogP contribution >= 0.6 is 0 Å². The van der Waals surface area contributed by atoms with Crippen LogP contribution in [-0.4, -0.2) is 19.2 Å². The van der Waals surface area contributed by atoms with Crippen LogP contribution in [-0.2, 0) is 6.42 Å². The molecule has 23 heavy (non-hydrogen) atoms. The van der Waals surface area contributed by atoms with E-state index in [1.165, 1.54) is 11.1 Å². The van der Waals surface area contributed by atoms with Crippen molar-refractivity contribution in [3.05, 3.63) is 59.2 Å². The summed E-state index contributed by atoms with van der Waals surface area (Å²) in [5.41, 5.74) is 4.44. The third-order valence-electron chi connectivity index (χ3n) is 3.75. The van der Waals surface area contributed by atoms with Crippen LogP contribution in [0, 0.1) is 13.8 Å². The number of carbonyl (C=O) groups is 1. The Labute approximate surface area is 137 Å². The maximum Gasteiger partial charge on any atom is 0.319 e. The van der Waals surface area contributed by atoms with Crippen LogP contribution in [0.4, 0.5) is 10.5 Å². The molecule has 0 aromatic heterocycles. The van der Waals surface area contributed by atoms with Gasteiger partial charge >= 0.3 is 6.03 Å². The molecule has 0 saturated heterocycles. The average Bonchev–Trinajstić information content (AvgIpc) is 2.55. The van der Waals surface area contributed by atoms with Crippen molar-refractivity contribution in [2.45, 2.75) is 27.2 Å². The van der Waals surface area contributed by atoms with Crippen molar-refractivity contribution in [1.82, 2.24) is 5.32 Å². The second kappa shape index (κ2) is 8.22. The maximum absolute atomic E-state index is 11.8. The second-order valence-electron chi connectivity index (χ2n) is 5.53. The Balaban J connectivity index is 1.70. The summed E-state index contributed by atoms with van der Waals surface area (Å²) in [7, 11) is 0. The van der Waals surface area contributed by atoms with Gasteiger partial charge in [0.15, 0.2) is 0 Å². The van der Waals surface area contributed by atoms with Gasteiger partial charge in [0, 0.05) is 5.69 Å². The molecule has 0 fully saturated rings. The van der Waals surface area contributed by atoms with Crippen LogP contribution in [0.3, 0.4) is 0 Å². The number of urea groups is 1. The first kappa shape index (κ1) is 16.9. The van der Waals surface area contributed by atoms with Gasteiger partial charge in [0.25, 0.3) is 0 Å². The third-order valence-corrected chi connectivity index (χ3v) is 3.75. The minimum Gasteiger partial charge on any atom is -0.492 e. The Morgan fingerprint density at radius 1 is 1.04 bits per heavy atom. The van der Waals surface area contributed by atoms with Gasteiger partial charge in [0.1, 0.15) is 12.4 Å². The molecule has 2 aromatic carbocycles. The zero-order valence-electron chi connectivity index (χ0n) is 14.0. The Morgan fingerprint density at radius 3 is 2.43 bits per heavy atom. The quantitative estimate of drug-likeness (QED) is 0.790. The molecule has 0 spiro atoms. The molecule has 0 radical (unpaired) electrons. The summed E-state index contributed by atoms with van der Waals surface area (Å²) in [4.78, 5) is 11.8. The SMILES string of the molecule is CCc1ccc(OCCNC(=O)Nc2ccc(C)c(C)c2)cc1. The van der Waals surface area contributed by atoms with Crippen molar-refractivity contribution in [2.24, 2.45) is 0 Å². The minimum absolute atomic E-state index is 0.224. The average molecular weight is 312 g/mol. The normalized spacial score (nSPS) is 10.2. The fourth-order valence-corrected chi connectivity index (χ4v) is 2.15. The molecule has 0 bridgehead atoms. The molecule has 4 nitrogen and oxygen atoms in total. The van der Waals surface area contributed by atoms with Crippen molar-refractivity contribution in [3.8, 4) is 5.75 Å². The highest BCUT2D eigenvalue weighted by Gasteiger charge is 2.02.